The Hall–Kier alpha value is -2.77. The molecular weight excluding hydrogens is 268 g/mol. The molecule has 0 bridgehead atoms. The van der Waals surface area contributed by atoms with Crippen LogP contribution in [0, 0.1) is 0 Å². The van der Waals surface area contributed by atoms with Crippen molar-refractivity contribution in [2.45, 2.75) is 20.3 Å². The number of hydrogen-bond donors (Lipinski definition) is 1. The topological polar surface area (TPSA) is 86.3 Å². The zero-order chi connectivity index (χ0) is 14.7. The van der Waals surface area contributed by atoms with Crippen LogP contribution in [0.5, 0.6) is 0 Å². The summed E-state index contributed by atoms with van der Waals surface area (Å²) in [4.78, 5) is 17.6. The van der Waals surface area contributed by atoms with Crippen LogP contribution in [0.2, 0.25) is 0 Å². The number of imidazole rings is 1. The summed E-state index contributed by atoms with van der Waals surface area (Å²) in [5, 5.41) is 7.28. The summed E-state index contributed by atoms with van der Waals surface area (Å²) in [6.45, 7) is 4.76. The van der Waals surface area contributed by atoms with E-state index in [1.807, 2.05) is 30.7 Å². The van der Waals surface area contributed by atoms with Crippen LogP contribution >= 0.6 is 0 Å². The van der Waals surface area contributed by atoms with E-state index in [9.17, 15) is 0 Å². The van der Waals surface area contributed by atoms with Crippen molar-refractivity contribution in [3.05, 3.63) is 36.7 Å². The van der Waals surface area contributed by atoms with E-state index in [0.29, 0.717) is 17.8 Å². The molecule has 3 aromatic rings. The van der Waals surface area contributed by atoms with Gasteiger partial charge in [-0.1, -0.05) is 6.92 Å². The molecule has 0 amide bonds. The molecule has 0 aliphatic carbocycles. The molecule has 0 aromatic carbocycles. The monoisotopic (exact) mass is 284 g/mol. The van der Waals surface area contributed by atoms with Crippen molar-refractivity contribution in [3.63, 3.8) is 0 Å². The lowest BCUT2D eigenvalue weighted by atomic mass is 10.4. The number of aryl methyl sites for hydroxylation is 1. The highest BCUT2D eigenvalue weighted by Crippen LogP contribution is 2.11. The highest BCUT2D eigenvalue weighted by molar-refractivity contribution is 5.33. The standard InChI is InChI=1S/C13H16N8/c1-3-10-15-7-9-20(10)12-17-11(14-4-2)18-13(19-12)21-8-5-6-16-21/h5-9H,3-4H2,1-2H3,(H,14,17,18,19). The molecule has 0 radical (unpaired) electrons. The van der Waals surface area contributed by atoms with Gasteiger partial charge in [-0.05, 0) is 13.0 Å². The van der Waals surface area contributed by atoms with E-state index >= 15 is 0 Å². The Morgan fingerprint density at radius 2 is 1.90 bits per heavy atom. The largest absolute Gasteiger partial charge is 0.354 e. The van der Waals surface area contributed by atoms with Crippen molar-refractivity contribution in [3.8, 4) is 11.9 Å². The van der Waals surface area contributed by atoms with Crippen molar-refractivity contribution in [1.82, 2.24) is 34.3 Å². The first kappa shape index (κ1) is 13.2. The summed E-state index contributed by atoms with van der Waals surface area (Å²) < 4.78 is 3.46. The predicted molar refractivity (Wildman–Crippen MR) is 77.6 cm³/mol. The van der Waals surface area contributed by atoms with Gasteiger partial charge in [0.2, 0.25) is 11.9 Å². The molecule has 1 N–H and O–H groups in total. The Morgan fingerprint density at radius 3 is 2.62 bits per heavy atom. The van der Waals surface area contributed by atoms with Crippen LogP contribution < -0.4 is 5.32 Å². The normalized spacial score (nSPS) is 10.8. The molecule has 3 rings (SSSR count). The Kier molecular flexibility index (Phi) is 3.59. The van der Waals surface area contributed by atoms with E-state index in [1.54, 1.807) is 23.3 Å². The minimum Gasteiger partial charge on any atom is -0.354 e. The van der Waals surface area contributed by atoms with Gasteiger partial charge in [0.1, 0.15) is 5.82 Å². The van der Waals surface area contributed by atoms with Crippen LogP contribution in [0.3, 0.4) is 0 Å². The molecule has 0 aliphatic heterocycles. The average molecular weight is 284 g/mol. The average Bonchev–Trinajstić information content (AvgIpc) is 3.18. The Balaban J connectivity index is 2.11. The fraction of sp³-hybridized carbons (Fsp3) is 0.308. The van der Waals surface area contributed by atoms with Crippen molar-refractivity contribution in [2.75, 3.05) is 11.9 Å². The number of aromatic nitrogens is 7. The van der Waals surface area contributed by atoms with Gasteiger partial charge in [0.15, 0.2) is 0 Å². The number of hydrogen-bond acceptors (Lipinski definition) is 6. The van der Waals surface area contributed by atoms with Gasteiger partial charge in [0.05, 0.1) is 0 Å². The van der Waals surface area contributed by atoms with Crippen molar-refractivity contribution < 1.29 is 0 Å². The SMILES string of the molecule is CCNc1nc(-n2cccn2)nc(-n2ccnc2CC)n1. The Labute approximate surface area is 121 Å². The van der Waals surface area contributed by atoms with E-state index in [4.69, 9.17) is 0 Å². The first-order valence-corrected chi connectivity index (χ1v) is 6.84. The number of nitrogens with zero attached hydrogens (tertiary/aromatic N) is 7. The lowest BCUT2D eigenvalue weighted by molar-refractivity contribution is 0.760. The molecule has 108 valence electrons. The highest BCUT2D eigenvalue weighted by atomic mass is 15.4. The van der Waals surface area contributed by atoms with Gasteiger partial charge in [-0.2, -0.15) is 20.1 Å². The molecule has 0 unspecified atom stereocenters. The van der Waals surface area contributed by atoms with Gasteiger partial charge < -0.3 is 5.32 Å². The summed E-state index contributed by atoms with van der Waals surface area (Å²) in [6.07, 6.45) is 7.86. The van der Waals surface area contributed by atoms with Crippen molar-refractivity contribution >= 4 is 5.95 Å². The molecule has 0 saturated carbocycles. The molecule has 3 aromatic heterocycles. The van der Waals surface area contributed by atoms with Gasteiger partial charge in [-0.3, -0.25) is 4.57 Å². The van der Waals surface area contributed by atoms with Crippen LogP contribution in [0.4, 0.5) is 5.95 Å². The zero-order valence-electron chi connectivity index (χ0n) is 11.9. The lowest BCUT2D eigenvalue weighted by Gasteiger charge is -2.09. The van der Waals surface area contributed by atoms with Gasteiger partial charge in [0.25, 0.3) is 5.95 Å². The van der Waals surface area contributed by atoms with Gasteiger partial charge >= 0.3 is 0 Å². The summed E-state index contributed by atoms with van der Waals surface area (Å²) in [5.74, 6) is 2.41. The summed E-state index contributed by atoms with van der Waals surface area (Å²) in [6, 6.07) is 1.82. The molecular formula is C13H16N8. The molecule has 0 atom stereocenters. The molecule has 0 spiro atoms. The van der Waals surface area contributed by atoms with E-state index in [2.05, 4.69) is 30.4 Å². The molecule has 8 nitrogen and oxygen atoms in total. The van der Waals surface area contributed by atoms with Gasteiger partial charge in [0, 0.05) is 37.8 Å². The molecule has 0 aliphatic rings. The fourth-order valence-corrected chi connectivity index (χ4v) is 1.97. The third-order valence-electron chi connectivity index (χ3n) is 2.91. The third-order valence-corrected chi connectivity index (χ3v) is 2.91. The lowest BCUT2D eigenvalue weighted by Crippen LogP contribution is -2.13. The molecule has 0 fully saturated rings. The molecule has 0 saturated heterocycles. The Morgan fingerprint density at radius 1 is 1.05 bits per heavy atom. The van der Waals surface area contributed by atoms with Crippen LogP contribution in [-0.4, -0.2) is 40.8 Å². The number of rotatable bonds is 5. The maximum atomic E-state index is 4.47. The summed E-state index contributed by atoms with van der Waals surface area (Å²) in [5.41, 5.74) is 0. The fourth-order valence-electron chi connectivity index (χ4n) is 1.97. The van der Waals surface area contributed by atoms with E-state index in [-0.39, 0.29) is 0 Å². The summed E-state index contributed by atoms with van der Waals surface area (Å²) >= 11 is 0. The smallest absolute Gasteiger partial charge is 0.257 e. The van der Waals surface area contributed by atoms with Crippen LogP contribution in [0.1, 0.15) is 19.7 Å². The van der Waals surface area contributed by atoms with Crippen LogP contribution in [0.15, 0.2) is 30.9 Å². The van der Waals surface area contributed by atoms with Crippen molar-refractivity contribution in [1.29, 1.82) is 0 Å². The van der Waals surface area contributed by atoms with Crippen molar-refractivity contribution in [2.24, 2.45) is 0 Å². The second kappa shape index (κ2) is 5.70. The molecule has 21 heavy (non-hydrogen) atoms. The highest BCUT2D eigenvalue weighted by Gasteiger charge is 2.12. The van der Waals surface area contributed by atoms with Crippen LogP contribution in [0.25, 0.3) is 11.9 Å². The third kappa shape index (κ3) is 2.60. The summed E-state index contributed by atoms with van der Waals surface area (Å²) in [7, 11) is 0. The quantitative estimate of drug-likeness (QED) is 0.758. The second-order valence-corrected chi connectivity index (χ2v) is 4.31. The van der Waals surface area contributed by atoms with Crippen LogP contribution in [-0.2, 0) is 6.42 Å². The predicted octanol–water partition coefficient (Wildman–Crippen LogP) is 1.24. The van der Waals surface area contributed by atoms with E-state index < -0.39 is 0 Å². The maximum absolute atomic E-state index is 4.47. The number of nitrogens with one attached hydrogen (secondary N) is 1. The minimum atomic E-state index is 0.469. The second-order valence-electron chi connectivity index (χ2n) is 4.31. The first-order valence-electron chi connectivity index (χ1n) is 6.84. The number of anilines is 1. The Bertz CT molecular complexity index is 716. The zero-order valence-corrected chi connectivity index (χ0v) is 11.9. The first-order chi connectivity index (χ1) is 10.3. The van der Waals surface area contributed by atoms with E-state index in [0.717, 1.165) is 18.8 Å². The van der Waals surface area contributed by atoms with E-state index in [1.165, 1.54) is 0 Å². The minimum absolute atomic E-state index is 0.469. The van der Waals surface area contributed by atoms with Gasteiger partial charge in [-0.15, -0.1) is 0 Å². The molecule has 3 heterocycles. The van der Waals surface area contributed by atoms with Gasteiger partial charge in [-0.25, -0.2) is 9.67 Å². The maximum Gasteiger partial charge on any atom is 0.257 e. The molecule has 8 heteroatoms.